The third kappa shape index (κ3) is 9.16. The van der Waals surface area contributed by atoms with E-state index >= 15 is 0 Å². The quantitative estimate of drug-likeness (QED) is 0.118. The molecule has 41 heavy (non-hydrogen) atoms. The Morgan fingerprint density at radius 1 is 0.780 bits per heavy atom. The van der Waals surface area contributed by atoms with Crippen LogP contribution < -0.4 is 4.74 Å². The topological polar surface area (TPSA) is 9.23 Å². The average Bonchev–Trinajstić information content (AvgIpc) is 3.36. The van der Waals surface area contributed by atoms with Gasteiger partial charge in [0.05, 0.1) is 0 Å². The summed E-state index contributed by atoms with van der Waals surface area (Å²) in [4.78, 5) is 0. The normalized spacial score (nSPS) is 14.8. The van der Waals surface area contributed by atoms with E-state index in [4.69, 9.17) is 4.74 Å². The van der Waals surface area contributed by atoms with Crippen LogP contribution in [0.2, 0.25) is 13.1 Å². The van der Waals surface area contributed by atoms with Gasteiger partial charge in [0.25, 0.3) is 0 Å². The molecule has 0 saturated carbocycles. The molecule has 1 atom stereocenters. The largest absolute Gasteiger partial charge is 0.456 e. The van der Waals surface area contributed by atoms with Crippen LogP contribution in [0.25, 0.3) is 17.9 Å². The van der Waals surface area contributed by atoms with E-state index in [9.17, 15) is 0 Å². The number of aryl methyl sites for hydroxylation is 1. The van der Waals surface area contributed by atoms with E-state index < -0.39 is 0 Å². The van der Waals surface area contributed by atoms with Crippen molar-refractivity contribution in [2.45, 2.75) is 45.0 Å². The Balaban J connectivity index is 0.000000247. The summed E-state index contributed by atoms with van der Waals surface area (Å²) in [5.74, 6) is 1.73. The molecule has 1 aliphatic rings. The number of fused-ring (bicyclic) bond motifs is 1. The summed E-state index contributed by atoms with van der Waals surface area (Å²) in [5.41, 5.74) is 7.66. The molecule has 208 valence electrons. The monoisotopic (exact) mass is 590 g/mol. The number of hydrogen-bond acceptors (Lipinski definition) is 1. The van der Waals surface area contributed by atoms with Gasteiger partial charge in [0.1, 0.15) is 11.5 Å². The number of hydrogen-bond donors (Lipinski definition) is 0. The molecule has 0 saturated heterocycles. The zero-order valence-electron chi connectivity index (χ0n) is 25.3. The van der Waals surface area contributed by atoms with Crippen LogP contribution in [0.5, 0.6) is 5.75 Å². The summed E-state index contributed by atoms with van der Waals surface area (Å²) < 4.78 is 7.27. The van der Waals surface area contributed by atoms with Gasteiger partial charge in [-0.15, -0.1) is 0 Å². The summed E-state index contributed by atoms with van der Waals surface area (Å²) in [7, 11) is 0. The van der Waals surface area contributed by atoms with Crippen LogP contribution in [-0.2, 0) is 18.4 Å². The molecule has 0 spiro atoms. The average molecular weight is 591 g/mol. The van der Waals surface area contributed by atoms with E-state index in [-0.39, 0.29) is 12.1 Å². The van der Waals surface area contributed by atoms with Gasteiger partial charge >= 0.3 is 89.9 Å². The summed E-state index contributed by atoms with van der Waals surface area (Å²) in [6, 6.07) is 37.7. The summed E-state index contributed by atoms with van der Waals surface area (Å²) in [5, 5.41) is 0. The van der Waals surface area contributed by atoms with Gasteiger partial charge in [0, 0.05) is 11.1 Å². The van der Waals surface area contributed by atoms with Crippen molar-refractivity contribution in [2.24, 2.45) is 5.41 Å². The van der Waals surface area contributed by atoms with Gasteiger partial charge in [-0.25, -0.2) is 0 Å². The van der Waals surface area contributed by atoms with Gasteiger partial charge in [-0.1, -0.05) is 111 Å². The van der Waals surface area contributed by atoms with Gasteiger partial charge in [-0.2, -0.15) is 0 Å². The van der Waals surface area contributed by atoms with Crippen molar-refractivity contribution in [1.82, 2.24) is 0 Å². The van der Waals surface area contributed by atoms with Gasteiger partial charge in [0.15, 0.2) is 0 Å². The summed E-state index contributed by atoms with van der Waals surface area (Å²) in [6.07, 6.45) is 9.09. The van der Waals surface area contributed by atoms with Crippen LogP contribution in [0.3, 0.4) is 0 Å². The molecule has 0 aromatic heterocycles. The van der Waals surface area contributed by atoms with Crippen molar-refractivity contribution >= 4 is 24.6 Å². The van der Waals surface area contributed by atoms with Crippen LogP contribution >= 0.6 is 0 Å². The van der Waals surface area contributed by atoms with Crippen LogP contribution in [-0.4, -0.2) is 6.66 Å². The van der Waals surface area contributed by atoms with Crippen molar-refractivity contribution in [1.29, 1.82) is 0 Å². The Bertz CT molecular complexity index is 1480. The van der Waals surface area contributed by atoms with Gasteiger partial charge in [-0.05, 0) is 30.0 Å². The van der Waals surface area contributed by atoms with E-state index in [0.29, 0.717) is 18.4 Å². The fourth-order valence-electron chi connectivity index (χ4n) is 4.74. The predicted molar refractivity (Wildman–Crippen MR) is 177 cm³/mol. The molecular weight excluding hydrogens is 548 g/mol. The minimum Gasteiger partial charge on any atom is -0.456 e. The van der Waals surface area contributed by atoms with E-state index in [2.05, 4.69) is 126 Å². The molecule has 3 heteroatoms. The van der Waals surface area contributed by atoms with Crippen LogP contribution in [0.1, 0.15) is 52.8 Å². The first-order valence-corrected chi connectivity index (χ1v) is 21.0. The third-order valence-electron chi connectivity index (χ3n) is 6.88. The second-order valence-electron chi connectivity index (χ2n) is 11.8. The fourth-order valence-corrected chi connectivity index (χ4v) is 11.0. The molecule has 0 bridgehead atoms. The zero-order valence-corrected chi connectivity index (χ0v) is 28.0. The first-order valence-electron chi connectivity index (χ1n) is 14.5. The van der Waals surface area contributed by atoms with Crippen molar-refractivity contribution in [3.8, 4) is 5.75 Å². The summed E-state index contributed by atoms with van der Waals surface area (Å²) in [6.45, 7) is 13.4. The summed E-state index contributed by atoms with van der Waals surface area (Å²) >= 11 is 0.290. The Labute approximate surface area is 257 Å². The number of rotatable bonds is 7. The molecule has 0 aliphatic heterocycles. The number of allylic oxidation sites excluding steroid dienone is 3. The van der Waals surface area contributed by atoms with E-state index in [1.54, 1.807) is 5.56 Å². The predicted octanol–water partition coefficient (Wildman–Crippen LogP) is 10.4. The molecule has 5 rings (SSSR count). The molecule has 4 aromatic rings. The molecule has 1 nitrogen and oxygen atoms in total. The standard InChI is InChI=1S/C27H28O.C9H7.C2H7Si.Ti/c1-21-15-17-22(18-16-21)19-20-25(27(2,3)4)26(23-11-7-5-8-12-23)28-24-13-9-6-10-14-24;1-2-5-9-7-3-6-8(9)4-1;1-3-2;/h5-20H,1-4H3;1-7H;3H,1-2H3;. The molecular formula is C38H42OSiTi. The number of para-hydroxylation sites is 1. The smallest absolute Gasteiger partial charge is 0.138 e. The molecule has 0 fully saturated rings. The first-order chi connectivity index (χ1) is 19.7. The van der Waals surface area contributed by atoms with Crippen LogP contribution in [0, 0.1) is 12.3 Å². The second-order valence-corrected chi connectivity index (χ2v) is 22.4. The maximum atomic E-state index is 6.43. The van der Waals surface area contributed by atoms with Crippen molar-refractivity contribution < 1.29 is 23.1 Å². The van der Waals surface area contributed by atoms with E-state index in [1.807, 2.05) is 48.5 Å². The maximum Gasteiger partial charge on any atom is 0.138 e. The zero-order chi connectivity index (χ0) is 29.2. The van der Waals surface area contributed by atoms with E-state index in [0.717, 1.165) is 26.9 Å². The van der Waals surface area contributed by atoms with Gasteiger partial charge in [-0.3, -0.25) is 0 Å². The molecule has 0 heterocycles. The minimum absolute atomic E-state index is 0.0822. The molecule has 0 amide bonds. The second kappa shape index (κ2) is 14.6. The first kappa shape index (κ1) is 30.8. The number of benzene rings is 4. The molecule has 0 N–H and O–H groups in total. The van der Waals surface area contributed by atoms with Crippen LogP contribution in [0.15, 0.2) is 127 Å². The third-order valence-corrected chi connectivity index (χ3v) is 13.5. The van der Waals surface area contributed by atoms with Crippen molar-refractivity contribution in [3.63, 3.8) is 0 Å². The molecule has 0 radical (unpaired) electrons. The Morgan fingerprint density at radius 3 is 2.02 bits per heavy atom. The van der Waals surface area contributed by atoms with Gasteiger partial charge in [0.2, 0.25) is 0 Å². The van der Waals surface area contributed by atoms with Gasteiger partial charge < -0.3 is 4.74 Å². The Hall–Kier alpha value is -3.17. The SMILES string of the molecule is C[SiH](C)[Ti][CH]1C=Cc2ccccc21.Cc1ccc(C=CC(=C(Oc2ccccc2)c2ccccc2)C(C)(C)C)cc1. The molecule has 1 aliphatic carbocycles. The van der Waals surface area contributed by atoms with Crippen LogP contribution in [0.4, 0.5) is 0 Å². The molecule has 1 unspecified atom stereocenters. The number of ether oxygens (including phenoxy) is 1. The maximum absolute atomic E-state index is 6.43. The molecule has 4 aromatic carbocycles. The Morgan fingerprint density at radius 2 is 1.39 bits per heavy atom. The van der Waals surface area contributed by atoms with Crippen molar-refractivity contribution in [3.05, 3.63) is 155 Å². The van der Waals surface area contributed by atoms with Crippen molar-refractivity contribution in [2.75, 3.05) is 0 Å². The fraction of sp³-hybridized carbons (Fsp3) is 0.211. The minimum atomic E-state index is -0.309. The van der Waals surface area contributed by atoms with E-state index in [1.165, 1.54) is 16.7 Å². The Kier molecular flexibility index (Phi) is 11.0.